The Balaban J connectivity index is 1.21. The fraction of sp³-hybridized carbons (Fsp3) is 0.308. The van der Waals surface area contributed by atoms with E-state index in [-0.39, 0.29) is 24.0 Å². The average molecular weight is 457 g/mol. The number of amides is 3. The number of nitrogens with zero attached hydrogens (tertiary/aromatic N) is 3. The molecule has 0 radical (unpaired) electrons. The summed E-state index contributed by atoms with van der Waals surface area (Å²) in [4.78, 5) is 59.2. The van der Waals surface area contributed by atoms with Crippen LogP contribution in [0.4, 0.5) is 0 Å². The van der Waals surface area contributed by atoms with Gasteiger partial charge in [-0.25, -0.2) is 9.97 Å². The van der Waals surface area contributed by atoms with Gasteiger partial charge < -0.3 is 4.90 Å². The third kappa shape index (κ3) is 4.31. The van der Waals surface area contributed by atoms with Gasteiger partial charge in [-0.05, 0) is 48.6 Å². The van der Waals surface area contributed by atoms with E-state index >= 15 is 0 Å². The van der Waals surface area contributed by atoms with E-state index in [9.17, 15) is 19.2 Å². The second kappa shape index (κ2) is 8.78. The first-order valence-electron chi connectivity index (χ1n) is 11.4. The van der Waals surface area contributed by atoms with Crippen molar-refractivity contribution < 1.29 is 19.2 Å². The number of carbonyl (C=O) groups excluding carboxylic acids is 4. The lowest BCUT2D eigenvalue weighted by Gasteiger charge is -2.29. The molecule has 34 heavy (non-hydrogen) atoms. The molecule has 1 saturated heterocycles. The maximum absolute atomic E-state index is 12.8. The minimum atomic E-state index is -0.626. The van der Waals surface area contributed by atoms with Crippen LogP contribution in [0.25, 0.3) is 10.9 Å². The number of rotatable bonds is 6. The fourth-order valence-corrected chi connectivity index (χ4v) is 4.65. The topological polar surface area (TPSA) is 109 Å². The van der Waals surface area contributed by atoms with Gasteiger partial charge in [0.1, 0.15) is 17.6 Å². The molecule has 8 nitrogen and oxygen atoms in total. The maximum atomic E-state index is 12.8. The third-order valence-electron chi connectivity index (χ3n) is 6.45. The standard InChI is InChI=1S/C26H24N4O4/c1-15-27-13-18-5-2-17(12-22(18)28-15)11-20(31)6-3-16-4-7-21-19(10-16)14-30(26(21)34)23-8-9-24(32)29-25(23)33/h2,4-5,7,10,12-13,23H,3,6,8-9,11,14H2,1H3,(H,29,32,33). The van der Waals surface area contributed by atoms with Gasteiger partial charge in [0.15, 0.2) is 0 Å². The monoisotopic (exact) mass is 456 g/mol. The lowest BCUT2D eigenvalue weighted by atomic mass is 9.99. The third-order valence-corrected chi connectivity index (χ3v) is 6.45. The molecule has 8 heteroatoms. The second-order valence-corrected chi connectivity index (χ2v) is 8.92. The van der Waals surface area contributed by atoms with Crippen molar-refractivity contribution in [2.24, 2.45) is 0 Å². The highest BCUT2D eigenvalue weighted by atomic mass is 16.2. The molecule has 5 rings (SSSR count). The van der Waals surface area contributed by atoms with Gasteiger partial charge in [-0.15, -0.1) is 0 Å². The summed E-state index contributed by atoms with van der Waals surface area (Å²) < 4.78 is 0. The van der Waals surface area contributed by atoms with Crippen LogP contribution < -0.4 is 5.32 Å². The highest BCUT2D eigenvalue weighted by Crippen LogP contribution is 2.28. The van der Waals surface area contributed by atoms with E-state index in [0.29, 0.717) is 43.6 Å². The Kier molecular flexibility index (Phi) is 5.65. The number of benzene rings is 2. The Morgan fingerprint density at radius 3 is 2.76 bits per heavy atom. The summed E-state index contributed by atoms with van der Waals surface area (Å²) in [6.07, 6.45) is 3.66. The molecule has 3 amide bonds. The van der Waals surface area contributed by atoms with Crippen molar-refractivity contribution >= 4 is 34.4 Å². The molecule has 1 fully saturated rings. The molecular weight excluding hydrogens is 432 g/mol. The Morgan fingerprint density at radius 2 is 1.94 bits per heavy atom. The summed E-state index contributed by atoms with van der Waals surface area (Å²) in [5.41, 5.74) is 4.17. The molecule has 3 heterocycles. The van der Waals surface area contributed by atoms with Crippen molar-refractivity contribution in [3.8, 4) is 0 Å². The highest BCUT2D eigenvalue weighted by molar-refractivity contribution is 6.05. The molecule has 3 aromatic rings. The zero-order valence-electron chi connectivity index (χ0n) is 18.8. The van der Waals surface area contributed by atoms with Crippen molar-refractivity contribution in [2.45, 2.75) is 51.6 Å². The quantitative estimate of drug-likeness (QED) is 0.571. The molecule has 2 aliphatic rings. The summed E-state index contributed by atoms with van der Waals surface area (Å²) in [6, 6.07) is 10.8. The number of carbonyl (C=O) groups is 4. The number of fused-ring (bicyclic) bond motifs is 2. The zero-order chi connectivity index (χ0) is 23.8. The number of nitrogens with one attached hydrogen (secondary N) is 1. The summed E-state index contributed by atoms with van der Waals surface area (Å²) in [5, 5.41) is 3.26. The maximum Gasteiger partial charge on any atom is 0.255 e. The van der Waals surface area contributed by atoms with Gasteiger partial charge in [-0.1, -0.05) is 24.3 Å². The van der Waals surface area contributed by atoms with Crippen LogP contribution in [0, 0.1) is 6.92 Å². The normalized spacial score (nSPS) is 17.7. The highest BCUT2D eigenvalue weighted by Gasteiger charge is 2.39. The van der Waals surface area contributed by atoms with E-state index in [1.54, 1.807) is 12.3 Å². The fourth-order valence-electron chi connectivity index (χ4n) is 4.65. The first kappa shape index (κ1) is 21.9. The lowest BCUT2D eigenvalue weighted by molar-refractivity contribution is -0.137. The van der Waals surface area contributed by atoms with E-state index in [4.69, 9.17) is 0 Å². The minimum absolute atomic E-state index is 0.131. The molecule has 0 saturated carbocycles. The molecule has 1 atom stereocenters. The van der Waals surface area contributed by atoms with Gasteiger partial charge in [0.2, 0.25) is 11.8 Å². The molecule has 0 bridgehead atoms. The summed E-state index contributed by atoms with van der Waals surface area (Å²) in [7, 11) is 0. The summed E-state index contributed by atoms with van der Waals surface area (Å²) in [5.74, 6) is -0.0837. The number of aryl methyl sites for hydroxylation is 2. The minimum Gasteiger partial charge on any atom is -0.322 e. The van der Waals surface area contributed by atoms with E-state index in [0.717, 1.165) is 27.6 Å². The van der Waals surface area contributed by atoms with E-state index in [2.05, 4.69) is 15.3 Å². The van der Waals surface area contributed by atoms with Gasteiger partial charge in [0, 0.05) is 43.0 Å². The molecule has 2 aromatic carbocycles. The van der Waals surface area contributed by atoms with Crippen LogP contribution in [0.15, 0.2) is 42.6 Å². The molecule has 2 aliphatic heterocycles. The number of hydrogen-bond acceptors (Lipinski definition) is 6. The van der Waals surface area contributed by atoms with Crippen LogP contribution in [-0.4, -0.2) is 44.4 Å². The molecule has 1 N–H and O–H groups in total. The zero-order valence-corrected chi connectivity index (χ0v) is 18.8. The molecule has 0 aliphatic carbocycles. The number of ketones is 1. The van der Waals surface area contributed by atoms with Crippen LogP contribution >= 0.6 is 0 Å². The lowest BCUT2D eigenvalue weighted by Crippen LogP contribution is -2.52. The molecular formula is C26H24N4O4. The smallest absolute Gasteiger partial charge is 0.255 e. The molecule has 1 unspecified atom stereocenters. The first-order valence-corrected chi connectivity index (χ1v) is 11.4. The number of aromatic nitrogens is 2. The number of piperidine rings is 1. The van der Waals surface area contributed by atoms with Crippen LogP contribution in [-0.2, 0) is 33.8 Å². The van der Waals surface area contributed by atoms with Crippen molar-refractivity contribution in [1.82, 2.24) is 20.2 Å². The van der Waals surface area contributed by atoms with Crippen molar-refractivity contribution in [3.63, 3.8) is 0 Å². The van der Waals surface area contributed by atoms with Crippen molar-refractivity contribution in [1.29, 1.82) is 0 Å². The Morgan fingerprint density at radius 1 is 1.12 bits per heavy atom. The average Bonchev–Trinajstić information content (AvgIpc) is 3.13. The molecule has 1 aromatic heterocycles. The van der Waals surface area contributed by atoms with Crippen LogP contribution in [0.2, 0.25) is 0 Å². The van der Waals surface area contributed by atoms with Crippen LogP contribution in [0.5, 0.6) is 0 Å². The first-order chi connectivity index (χ1) is 16.4. The molecule has 0 spiro atoms. The van der Waals surface area contributed by atoms with Crippen molar-refractivity contribution in [2.75, 3.05) is 0 Å². The Bertz CT molecular complexity index is 1350. The van der Waals surface area contributed by atoms with Gasteiger partial charge in [-0.3, -0.25) is 24.5 Å². The van der Waals surface area contributed by atoms with Gasteiger partial charge >= 0.3 is 0 Å². The number of hydrogen-bond donors (Lipinski definition) is 1. The predicted octanol–water partition coefficient (Wildman–Crippen LogP) is 2.44. The van der Waals surface area contributed by atoms with Crippen LogP contribution in [0.1, 0.15) is 52.1 Å². The predicted molar refractivity (Wildman–Crippen MR) is 124 cm³/mol. The summed E-state index contributed by atoms with van der Waals surface area (Å²) in [6.45, 7) is 2.17. The Labute approximate surface area is 196 Å². The second-order valence-electron chi connectivity index (χ2n) is 8.92. The van der Waals surface area contributed by atoms with Gasteiger partial charge in [0.05, 0.1) is 5.52 Å². The van der Waals surface area contributed by atoms with Gasteiger partial charge in [0.25, 0.3) is 5.91 Å². The SMILES string of the molecule is Cc1ncc2ccc(CC(=O)CCc3ccc4c(c3)CN(C3CCC(=O)NC3=O)C4=O)cc2n1. The summed E-state index contributed by atoms with van der Waals surface area (Å²) >= 11 is 0. The number of imide groups is 1. The molecule has 172 valence electrons. The van der Waals surface area contributed by atoms with Crippen LogP contribution in [0.3, 0.4) is 0 Å². The van der Waals surface area contributed by atoms with Crippen molar-refractivity contribution in [3.05, 3.63) is 70.7 Å². The largest absolute Gasteiger partial charge is 0.322 e. The van der Waals surface area contributed by atoms with E-state index < -0.39 is 11.9 Å². The number of Topliss-reactive ketones (excluding diaryl/α,β-unsaturated/α-hetero) is 1. The van der Waals surface area contributed by atoms with E-state index in [1.165, 1.54) is 4.90 Å². The van der Waals surface area contributed by atoms with Gasteiger partial charge in [-0.2, -0.15) is 0 Å². The van der Waals surface area contributed by atoms with E-state index in [1.807, 2.05) is 37.3 Å². The Hall–Kier alpha value is -3.94.